The van der Waals surface area contributed by atoms with E-state index in [1.807, 2.05) is 0 Å². The van der Waals surface area contributed by atoms with Crippen LogP contribution in [0.1, 0.15) is 10.4 Å². The first-order valence-corrected chi connectivity index (χ1v) is 6.67. The molecule has 9 heteroatoms. The van der Waals surface area contributed by atoms with Crippen LogP contribution in [0.3, 0.4) is 0 Å². The lowest BCUT2D eigenvalue weighted by molar-refractivity contribution is -0.385. The highest BCUT2D eigenvalue weighted by molar-refractivity contribution is 7.98. The zero-order valence-electron chi connectivity index (χ0n) is 10.5. The molecule has 0 radical (unpaired) electrons. The lowest BCUT2D eigenvalue weighted by Gasteiger charge is -2.09. The maximum atomic E-state index is 11.9. The first-order valence-electron chi connectivity index (χ1n) is 5.44. The predicted molar refractivity (Wildman–Crippen MR) is 72.4 cm³/mol. The Bertz CT molecular complexity index is 549. The molecule has 0 spiro atoms. The molecule has 8 nitrogen and oxygen atoms in total. The number of nitro benzene ring substituents is 1. The van der Waals surface area contributed by atoms with Crippen molar-refractivity contribution in [2.75, 3.05) is 12.8 Å². The van der Waals surface area contributed by atoms with Gasteiger partial charge in [-0.2, -0.15) is 0 Å². The van der Waals surface area contributed by atoms with Gasteiger partial charge in [-0.1, -0.05) is 0 Å². The summed E-state index contributed by atoms with van der Waals surface area (Å²) >= 11 is 1.32. The Kier molecular flexibility index (Phi) is 5.47. The molecule has 0 fully saturated rings. The Balaban J connectivity index is 2.95. The van der Waals surface area contributed by atoms with Gasteiger partial charge in [0, 0.05) is 11.0 Å². The highest BCUT2D eigenvalue weighted by Gasteiger charge is 2.21. The summed E-state index contributed by atoms with van der Waals surface area (Å²) in [7, 11) is 0. The van der Waals surface area contributed by atoms with E-state index in [2.05, 4.69) is 5.32 Å². The molecule has 1 aromatic rings. The van der Waals surface area contributed by atoms with Crippen LogP contribution >= 0.6 is 11.8 Å². The molecule has 2 amide bonds. The van der Waals surface area contributed by atoms with Crippen LogP contribution in [0.25, 0.3) is 0 Å². The summed E-state index contributed by atoms with van der Waals surface area (Å²) in [6.07, 6.45) is 0.224. The fraction of sp³-hybridized carbons (Fsp3) is 0.273. The number of aliphatic hydroxyl groups excluding tert-OH is 1. The molecule has 0 saturated carbocycles. The zero-order valence-corrected chi connectivity index (χ0v) is 11.3. The van der Waals surface area contributed by atoms with E-state index in [1.165, 1.54) is 30.0 Å². The minimum atomic E-state index is -1.54. The molecular weight excluding hydrogens is 286 g/mol. The van der Waals surface area contributed by atoms with E-state index < -0.39 is 29.4 Å². The van der Waals surface area contributed by atoms with Gasteiger partial charge in [0.05, 0.1) is 11.5 Å². The van der Waals surface area contributed by atoms with Gasteiger partial charge in [-0.25, -0.2) is 0 Å². The molecule has 0 aliphatic carbocycles. The standard InChI is InChI=1S/C11H13N3O5S/c1-20-6-2-3-8(14(18)19)7(4-6)11(17)13-5-9(15)10(12)16/h2-4,9,15H,5H2,1H3,(H2,12,16)(H,13,17). The quantitative estimate of drug-likeness (QED) is 0.381. The number of nitro groups is 1. The molecule has 0 aliphatic heterocycles. The average molecular weight is 299 g/mol. The van der Waals surface area contributed by atoms with Gasteiger partial charge in [0.2, 0.25) is 5.91 Å². The first-order chi connectivity index (χ1) is 9.36. The molecule has 1 atom stereocenters. The molecule has 0 aliphatic rings. The summed E-state index contributed by atoms with van der Waals surface area (Å²) in [5, 5.41) is 22.3. The molecule has 0 saturated heterocycles. The van der Waals surface area contributed by atoms with E-state index in [0.717, 1.165) is 0 Å². The monoisotopic (exact) mass is 299 g/mol. The van der Waals surface area contributed by atoms with E-state index in [0.29, 0.717) is 4.90 Å². The number of amides is 2. The summed E-state index contributed by atoms with van der Waals surface area (Å²) in [4.78, 5) is 33.4. The molecule has 1 unspecified atom stereocenters. The SMILES string of the molecule is CSc1ccc([N+](=O)[O-])c(C(=O)NCC(O)C(N)=O)c1. The third-order valence-corrected chi connectivity index (χ3v) is 3.15. The Hall–Kier alpha value is -2.13. The number of carbonyl (C=O) groups is 2. The molecule has 1 aromatic carbocycles. The zero-order chi connectivity index (χ0) is 15.3. The van der Waals surface area contributed by atoms with Gasteiger partial charge in [-0.15, -0.1) is 11.8 Å². The number of nitrogens with zero attached hydrogens (tertiary/aromatic N) is 1. The first kappa shape index (κ1) is 15.9. The Morgan fingerprint density at radius 2 is 2.20 bits per heavy atom. The minimum Gasteiger partial charge on any atom is -0.381 e. The van der Waals surface area contributed by atoms with Gasteiger partial charge >= 0.3 is 0 Å². The molecule has 20 heavy (non-hydrogen) atoms. The number of nitrogens with one attached hydrogen (secondary N) is 1. The number of primary amides is 1. The van der Waals surface area contributed by atoms with Crippen molar-refractivity contribution in [3.8, 4) is 0 Å². The summed E-state index contributed by atoms with van der Waals surface area (Å²) in [6, 6.07) is 4.12. The van der Waals surface area contributed by atoms with Crippen molar-refractivity contribution in [1.82, 2.24) is 5.32 Å². The average Bonchev–Trinajstić information content (AvgIpc) is 2.43. The van der Waals surface area contributed by atoms with Crippen LogP contribution in [0, 0.1) is 10.1 Å². The van der Waals surface area contributed by atoms with Crippen LogP contribution in [-0.2, 0) is 4.79 Å². The molecule has 0 heterocycles. The Morgan fingerprint density at radius 3 is 2.70 bits per heavy atom. The number of thioether (sulfide) groups is 1. The van der Waals surface area contributed by atoms with Crippen molar-refractivity contribution in [1.29, 1.82) is 0 Å². The molecule has 108 valence electrons. The molecule has 4 N–H and O–H groups in total. The lowest BCUT2D eigenvalue weighted by Crippen LogP contribution is -2.40. The van der Waals surface area contributed by atoms with Crippen molar-refractivity contribution in [2.45, 2.75) is 11.0 Å². The predicted octanol–water partition coefficient (Wildman–Crippen LogP) is -0.107. The fourth-order valence-electron chi connectivity index (χ4n) is 1.37. The van der Waals surface area contributed by atoms with Gasteiger partial charge in [0.1, 0.15) is 11.7 Å². The highest BCUT2D eigenvalue weighted by Crippen LogP contribution is 2.24. The summed E-state index contributed by atoms with van der Waals surface area (Å²) in [5.41, 5.74) is 4.34. The molecule has 1 rings (SSSR count). The Morgan fingerprint density at radius 1 is 1.55 bits per heavy atom. The van der Waals surface area contributed by atoms with Crippen molar-refractivity contribution in [2.24, 2.45) is 5.73 Å². The van der Waals surface area contributed by atoms with Crippen LogP contribution in [0.15, 0.2) is 23.1 Å². The maximum absolute atomic E-state index is 11.9. The van der Waals surface area contributed by atoms with Crippen molar-refractivity contribution < 1.29 is 19.6 Å². The van der Waals surface area contributed by atoms with Crippen molar-refractivity contribution in [3.63, 3.8) is 0 Å². The lowest BCUT2D eigenvalue weighted by atomic mass is 10.1. The number of rotatable bonds is 6. The third kappa shape index (κ3) is 3.93. The molecule has 0 aromatic heterocycles. The molecule has 0 bridgehead atoms. The number of nitrogens with two attached hydrogens (primary N) is 1. The van der Waals surface area contributed by atoms with Gasteiger partial charge in [0.25, 0.3) is 11.6 Å². The second-order valence-corrected chi connectivity index (χ2v) is 4.65. The minimum absolute atomic E-state index is 0.140. The smallest absolute Gasteiger partial charge is 0.282 e. The largest absolute Gasteiger partial charge is 0.381 e. The molecular formula is C11H13N3O5S. The van der Waals surface area contributed by atoms with Crippen LogP contribution < -0.4 is 11.1 Å². The number of hydrogen-bond acceptors (Lipinski definition) is 6. The number of benzene rings is 1. The van der Waals surface area contributed by atoms with E-state index in [9.17, 15) is 24.8 Å². The van der Waals surface area contributed by atoms with Crippen molar-refractivity contribution >= 4 is 29.3 Å². The maximum Gasteiger partial charge on any atom is 0.282 e. The van der Waals surface area contributed by atoms with E-state index in [-0.39, 0.29) is 11.3 Å². The van der Waals surface area contributed by atoms with Gasteiger partial charge in [0.15, 0.2) is 0 Å². The summed E-state index contributed by atoms with van der Waals surface area (Å²) in [6.45, 7) is -0.408. The summed E-state index contributed by atoms with van der Waals surface area (Å²) < 4.78 is 0. The Labute approximate surface area is 118 Å². The van der Waals surface area contributed by atoms with E-state index in [4.69, 9.17) is 5.73 Å². The van der Waals surface area contributed by atoms with Crippen molar-refractivity contribution in [3.05, 3.63) is 33.9 Å². The number of hydrogen-bond donors (Lipinski definition) is 3. The topological polar surface area (TPSA) is 136 Å². The van der Waals surface area contributed by atoms with Crippen LogP contribution in [-0.4, -0.2) is 40.7 Å². The summed E-state index contributed by atoms with van der Waals surface area (Å²) in [5.74, 6) is -1.74. The van der Waals surface area contributed by atoms with E-state index >= 15 is 0 Å². The normalized spacial score (nSPS) is 11.7. The second-order valence-electron chi connectivity index (χ2n) is 3.77. The van der Waals surface area contributed by atoms with Crippen LogP contribution in [0.4, 0.5) is 5.69 Å². The van der Waals surface area contributed by atoms with Crippen LogP contribution in [0.5, 0.6) is 0 Å². The van der Waals surface area contributed by atoms with E-state index in [1.54, 1.807) is 6.26 Å². The highest BCUT2D eigenvalue weighted by atomic mass is 32.2. The van der Waals surface area contributed by atoms with Gasteiger partial charge < -0.3 is 16.2 Å². The van der Waals surface area contributed by atoms with Gasteiger partial charge in [-0.3, -0.25) is 19.7 Å². The number of aliphatic hydroxyl groups is 1. The van der Waals surface area contributed by atoms with Crippen LogP contribution in [0.2, 0.25) is 0 Å². The second kappa shape index (κ2) is 6.87. The fourth-order valence-corrected chi connectivity index (χ4v) is 1.81. The van der Waals surface area contributed by atoms with Gasteiger partial charge in [-0.05, 0) is 18.4 Å². The third-order valence-electron chi connectivity index (χ3n) is 2.43. The number of carbonyl (C=O) groups excluding carboxylic acids is 2.